The number of rotatable bonds is 17. The molecular weight excluding hydrogens is 638 g/mol. The first-order valence-corrected chi connectivity index (χ1v) is 17.4. The molecule has 0 fully saturated rings. The number of ether oxygens (including phenoxy) is 1. The monoisotopic (exact) mass is 677 g/mol. The maximum atomic E-state index is 13.3. The Bertz CT molecular complexity index is 1590. The summed E-state index contributed by atoms with van der Waals surface area (Å²) >= 11 is 0. The molecule has 16 heteroatoms. The summed E-state index contributed by atoms with van der Waals surface area (Å²) in [6, 6.07) is 15.3. The van der Waals surface area contributed by atoms with Gasteiger partial charge >= 0.3 is 0 Å². The molecule has 3 rings (SSSR count). The fourth-order valence-electron chi connectivity index (χ4n) is 4.55. The summed E-state index contributed by atoms with van der Waals surface area (Å²) in [6.07, 6.45) is 0. The van der Waals surface area contributed by atoms with Crippen LogP contribution in [0.2, 0.25) is 0 Å². The van der Waals surface area contributed by atoms with Crippen molar-refractivity contribution in [1.82, 2.24) is 14.3 Å². The van der Waals surface area contributed by atoms with Gasteiger partial charge in [-0.1, -0.05) is 39.8 Å². The van der Waals surface area contributed by atoms with Gasteiger partial charge in [0.2, 0.25) is 20.0 Å². The van der Waals surface area contributed by atoms with E-state index in [-0.39, 0.29) is 46.1 Å². The zero-order valence-corrected chi connectivity index (χ0v) is 27.8. The van der Waals surface area contributed by atoms with E-state index in [0.717, 1.165) is 29.8 Å². The Labute approximate surface area is 269 Å². The number of nitro groups is 2. The third-order valence-corrected chi connectivity index (χ3v) is 10.4. The van der Waals surface area contributed by atoms with Crippen LogP contribution in [0.5, 0.6) is 5.75 Å². The van der Waals surface area contributed by atoms with Crippen LogP contribution in [0.25, 0.3) is 0 Å². The number of nitrogens with zero attached hydrogens (tertiary/aromatic N) is 3. The molecule has 3 aromatic carbocycles. The molecule has 0 saturated heterocycles. The molecule has 2 atom stereocenters. The van der Waals surface area contributed by atoms with Crippen LogP contribution in [0.4, 0.5) is 11.4 Å². The van der Waals surface area contributed by atoms with Crippen LogP contribution in [-0.4, -0.2) is 63.9 Å². The van der Waals surface area contributed by atoms with Gasteiger partial charge in [-0.05, 0) is 53.8 Å². The topological polar surface area (TPSA) is 191 Å². The van der Waals surface area contributed by atoms with E-state index in [9.17, 15) is 37.1 Å². The van der Waals surface area contributed by atoms with E-state index in [1.54, 1.807) is 19.2 Å². The van der Waals surface area contributed by atoms with Crippen LogP contribution in [0.3, 0.4) is 0 Å². The highest BCUT2D eigenvalue weighted by Crippen LogP contribution is 2.21. The summed E-state index contributed by atoms with van der Waals surface area (Å²) in [4.78, 5) is 22.6. The van der Waals surface area contributed by atoms with Crippen LogP contribution >= 0.6 is 0 Å². The Balaban J connectivity index is 1.91. The zero-order valence-electron chi connectivity index (χ0n) is 26.2. The molecule has 250 valence electrons. The fraction of sp³-hybridized carbons (Fsp3) is 0.400. The summed E-state index contributed by atoms with van der Waals surface area (Å²) in [6.45, 7) is 8.14. The highest BCUT2D eigenvalue weighted by molar-refractivity contribution is 7.89. The molecular formula is C30H39N5O9S2. The number of methoxy groups -OCH3 is 1. The van der Waals surface area contributed by atoms with Crippen LogP contribution < -0.4 is 14.2 Å². The Morgan fingerprint density at radius 2 is 1.04 bits per heavy atom. The predicted octanol–water partition coefficient (Wildman–Crippen LogP) is 4.32. The Morgan fingerprint density at radius 1 is 0.674 bits per heavy atom. The molecule has 2 N–H and O–H groups in total. The van der Waals surface area contributed by atoms with Gasteiger partial charge in [0, 0.05) is 56.0 Å². The summed E-state index contributed by atoms with van der Waals surface area (Å²) < 4.78 is 64.0. The van der Waals surface area contributed by atoms with Crippen molar-refractivity contribution in [2.24, 2.45) is 11.8 Å². The Kier molecular flexibility index (Phi) is 12.3. The van der Waals surface area contributed by atoms with E-state index in [1.165, 1.54) is 24.3 Å². The third kappa shape index (κ3) is 10.0. The largest absolute Gasteiger partial charge is 0.497 e. The van der Waals surface area contributed by atoms with Crippen molar-refractivity contribution < 1.29 is 31.4 Å². The molecule has 0 bridgehead atoms. The van der Waals surface area contributed by atoms with Gasteiger partial charge in [0.15, 0.2) is 0 Å². The van der Waals surface area contributed by atoms with Crippen LogP contribution in [0.1, 0.15) is 33.3 Å². The minimum absolute atomic E-state index is 0.124. The second-order valence-corrected chi connectivity index (χ2v) is 14.9. The van der Waals surface area contributed by atoms with Crippen molar-refractivity contribution in [2.45, 2.75) is 56.1 Å². The van der Waals surface area contributed by atoms with E-state index in [1.807, 2.05) is 44.7 Å². The molecule has 46 heavy (non-hydrogen) atoms. The second-order valence-electron chi connectivity index (χ2n) is 11.5. The van der Waals surface area contributed by atoms with Crippen molar-refractivity contribution in [3.05, 3.63) is 98.6 Å². The molecule has 14 nitrogen and oxygen atoms in total. The predicted molar refractivity (Wildman–Crippen MR) is 172 cm³/mol. The number of nitro benzene ring substituents is 2. The van der Waals surface area contributed by atoms with Gasteiger partial charge in [-0.2, -0.15) is 0 Å². The summed E-state index contributed by atoms with van der Waals surface area (Å²) in [5, 5.41) is 22.1. The zero-order chi connectivity index (χ0) is 34.2. The Morgan fingerprint density at radius 3 is 1.35 bits per heavy atom. The Hall–Kier alpha value is -3.96. The number of non-ortho nitro benzene ring substituents is 2. The molecule has 0 amide bonds. The number of hydrogen-bond acceptors (Lipinski definition) is 10. The van der Waals surface area contributed by atoms with Gasteiger partial charge in [-0.3, -0.25) is 25.1 Å². The lowest BCUT2D eigenvalue weighted by molar-refractivity contribution is -0.385. The molecule has 0 aliphatic carbocycles. The second kappa shape index (κ2) is 15.6. The lowest BCUT2D eigenvalue weighted by atomic mass is 10.0. The normalized spacial score (nSPS) is 13.6. The van der Waals surface area contributed by atoms with Crippen molar-refractivity contribution in [3.8, 4) is 5.75 Å². The summed E-state index contributed by atoms with van der Waals surface area (Å²) in [7, 11) is -6.59. The number of sulfonamides is 2. The van der Waals surface area contributed by atoms with E-state index < -0.39 is 42.0 Å². The first-order valence-electron chi connectivity index (χ1n) is 14.4. The minimum atomic E-state index is -4.07. The first kappa shape index (κ1) is 36.5. The lowest BCUT2D eigenvalue weighted by Crippen LogP contribution is -2.51. The van der Waals surface area contributed by atoms with Gasteiger partial charge in [0.05, 0.1) is 26.7 Å². The smallest absolute Gasteiger partial charge is 0.269 e. The van der Waals surface area contributed by atoms with Crippen molar-refractivity contribution in [2.75, 3.05) is 20.2 Å². The van der Waals surface area contributed by atoms with Crippen molar-refractivity contribution >= 4 is 31.4 Å². The van der Waals surface area contributed by atoms with Gasteiger partial charge in [-0.25, -0.2) is 26.3 Å². The molecule has 0 heterocycles. The van der Waals surface area contributed by atoms with Crippen LogP contribution in [0, 0.1) is 32.1 Å². The van der Waals surface area contributed by atoms with Crippen LogP contribution in [-0.2, 0) is 26.6 Å². The van der Waals surface area contributed by atoms with Gasteiger partial charge in [0.25, 0.3) is 11.4 Å². The average molecular weight is 678 g/mol. The molecule has 0 radical (unpaired) electrons. The molecule has 0 aromatic heterocycles. The van der Waals surface area contributed by atoms with Crippen molar-refractivity contribution in [1.29, 1.82) is 0 Å². The summed E-state index contributed by atoms with van der Waals surface area (Å²) in [5.41, 5.74) is 0.407. The molecule has 0 aliphatic heterocycles. The minimum Gasteiger partial charge on any atom is -0.497 e. The van der Waals surface area contributed by atoms with E-state index >= 15 is 0 Å². The van der Waals surface area contributed by atoms with Crippen molar-refractivity contribution in [3.63, 3.8) is 0 Å². The number of benzene rings is 3. The van der Waals surface area contributed by atoms with Gasteiger partial charge < -0.3 is 4.74 Å². The fourth-order valence-corrected chi connectivity index (χ4v) is 7.30. The van der Waals surface area contributed by atoms with Crippen LogP contribution in [0.15, 0.2) is 82.6 Å². The standard InChI is InChI=1S/C30H39N5O9S2/c1-21(2)29(31-45(40,41)27-14-8-24(9-15-27)34(36)37)19-33(18-23-6-12-26(44-5)13-7-23)20-30(22(3)4)32-46(42,43)28-16-10-25(11-17-28)35(38)39/h6-17,21-22,29-32H,18-20H2,1-5H3/t29-,30-/m1/s1. The summed E-state index contributed by atoms with van der Waals surface area (Å²) in [5.74, 6) is 0.267. The molecule has 0 unspecified atom stereocenters. The molecule has 3 aromatic rings. The average Bonchev–Trinajstić information content (AvgIpc) is 3.00. The highest BCUT2D eigenvalue weighted by atomic mass is 32.2. The molecule has 0 aliphatic rings. The maximum Gasteiger partial charge on any atom is 0.269 e. The van der Waals surface area contributed by atoms with Gasteiger partial charge in [0.1, 0.15) is 5.75 Å². The van der Waals surface area contributed by atoms with E-state index in [4.69, 9.17) is 4.74 Å². The first-order chi connectivity index (χ1) is 21.5. The molecule has 0 saturated carbocycles. The van der Waals surface area contributed by atoms with E-state index in [2.05, 4.69) is 9.44 Å². The number of hydrogen-bond donors (Lipinski definition) is 2. The lowest BCUT2D eigenvalue weighted by Gasteiger charge is -2.34. The quantitative estimate of drug-likeness (QED) is 0.154. The SMILES string of the molecule is COc1ccc(CN(C[C@@H](NS(=O)(=O)c2ccc([N+](=O)[O-])cc2)C(C)C)C[C@@H](NS(=O)(=O)c2ccc([N+](=O)[O-])cc2)C(C)C)cc1. The highest BCUT2D eigenvalue weighted by Gasteiger charge is 2.29. The maximum absolute atomic E-state index is 13.3. The van der Waals surface area contributed by atoms with E-state index in [0.29, 0.717) is 12.3 Å². The van der Waals surface area contributed by atoms with Gasteiger partial charge in [-0.15, -0.1) is 0 Å². The molecule has 0 spiro atoms. The number of nitrogens with one attached hydrogen (secondary N) is 2. The third-order valence-electron chi connectivity index (χ3n) is 7.41.